The molecule has 3 aromatic carbocycles. The van der Waals surface area contributed by atoms with Crippen molar-refractivity contribution in [2.75, 3.05) is 49.4 Å². The lowest BCUT2D eigenvalue weighted by molar-refractivity contribution is -0.138. The van der Waals surface area contributed by atoms with E-state index in [1.807, 2.05) is 0 Å². The Hall–Kier alpha value is -4.50. The fourth-order valence-electron chi connectivity index (χ4n) is 4.95. The Balaban J connectivity index is 1.40. The summed E-state index contributed by atoms with van der Waals surface area (Å²) < 4.78 is 91.8. The molecule has 238 valence electrons. The van der Waals surface area contributed by atoms with E-state index in [1.165, 1.54) is 25.6 Å². The number of alkyl halides is 3. The third-order valence-electron chi connectivity index (χ3n) is 7.41. The average molecular weight is 648 g/mol. The van der Waals surface area contributed by atoms with Gasteiger partial charge in [0.2, 0.25) is 5.88 Å². The van der Waals surface area contributed by atoms with E-state index in [4.69, 9.17) is 9.47 Å². The Labute approximate surface area is 256 Å². The first-order chi connectivity index (χ1) is 21.3. The highest BCUT2D eigenvalue weighted by Gasteiger charge is 2.35. The molecule has 0 unspecified atom stereocenters. The van der Waals surface area contributed by atoms with E-state index in [2.05, 4.69) is 20.6 Å². The van der Waals surface area contributed by atoms with Gasteiger partial charge < -0.3 is 20.1 Å². The normalized spacial score (nSPS) is 15.1. The number of hydrogen-bond donors (Lipinski definition) is 2. The minimum atomic E-state index is -4.76. The maximum Gasteiger partial charge on any atom is 0.416 e. The van der Waals surface area contributed by atoms with E-state index in [0.29, 0.717) is 27.9 Å². The summed E-state index contributed by atoms with van der Waals surface area (Å²) in [5, 5.41) is 5.83. The van der Waals surface area contributed by atoms with Gasteiger partial charge in [-0.3, -0.25) is 9.69 Å². The quantitative estimate of drug-likeness (QED) is 0.242. The zero-order chi connectivity index (χ0) is 32.5. The number of nitrogens with one attached hydrogen (secondary N) is 2. The lowest BCUT2D eigenvalue weighted by Crippen LogP contribution is -2.40. The van der Waals surface area contributed by atoms with Crippen LogP contribution in [0.25, 0.3) is 10.9 Å². The molecule has 5 rings (SSSR count). The number of ether oxygens (including phenoxy) is 2. The summed E-state index contributed by atoms with van der Waals surface area (Å²) in [6.45, 7) is 1.68. The van der Waals surface area contributed by atoms with Crippen LogP contribution in [0.15, 0.2) is 48.8 Å². The SMILES string of the molecule is CNc1cc2ncnc(Oc3cc(C(=O)Nc4ccc(CN5CCS(=O)(=O)CC5)c(C(F)(F)F)c4)c(F)cc3C)c2cc1OC. The van der Waals surface area contributed by atoms with Crippen molar-refractivity contribution < 1.29 is 40.2 Å². The number of fused-ring (bicyclic) bond motifs is 1. The van der Waals surface area contributed by atoms with Crippen molar-refractivity contribution in [3.8, 4) is 17.4 Å². The molecular weight excluding hydrogens is 618 g/mol. The number of benzene rings is 3. The van der Waals surface area contributed by atoms with Crippen LogP contribution in [0.1, 0.15) is 27.0 Å². The number of carbonyl (C=O) groups excluding carboxylic acids is 1. The molecule has 0 atom stereocenters. The van der Waals surface area contributed by atoms with E-state index >= 15 is 4.39 Å². The lowest BCUT2D eigenvalue weighted by atomic mass is 10.0. The summed E-state index contributed by atoms with van der Waals surface area (Å²) in [4.78, 5) is 23.2. The van der Waals surface area contributed by atoms with Crippen LogP contribution in [0.4, 0.5) is 28.9 Å². The molecular formula is C30H29F4N5O5S. The minimum Gasteiger partial charge on any atom is -0.495 e. The van der Waals surface area contributed by atoms with Crippen LogP contribution in [0.2, 0.25) is 0 Å². The number of carbonyl (C=O) groups is 1. The number of rotatable bonds is 8. The summed E-state index contributed by atoms with van der Waals surface area (Å²) in [5.74, 6) is -1.46. The van der Waals surface area contributed by atoms with E-state index in [0.717, 1.165) is 18.2 Å². The van der Waals surface area contributed by atoms with Crippen LogP contribution in [-0.4, -0.2) is 67.9 Å². The fraction of sp³-hybridized carbons (Fsp3) is 0.300. The summed E-state index contributed by atoms with van der Waals surface area (Å²) in [5.41, 5.74) is -0.191. The standard InChI is InChI=1S/C30H29F4N5O5S/c1-17-10-23(31)20(12-26(17)44-29-21-13-27(43-3)25(35-2)14-24(21)36-16-37-29)28(40)38-19-5-4-18(22(11-19)30(32,33)34)15-39-6-8-45(41,42)9-7-39/h4-5,10-14,16,35H,6-9,15H2,1-3H3,(H,38,40). The van der Waals surface area contributed by atoms with E-state index in [1.54, 1.807) is 31.0 Å². The molecule has 0 saturated carbocycles. The molecule has 1 aliphatic heterocycles. The molecule has 2 N–H and O–H groups in total. The predicted octanol–water partition coefficient (Wildman–Crippen LogP) is 5.42. The molecule has 4 aromatic rings. The molecule has 1 aliphatic rings. The predicted molar refractivity (Wildman–Crippen MR) is 160 cm³/mol. The lowest BCUT2D eigenvalue weighted by Gasteiger charge is -2.27. The van der Waals surface area contributed by atoms with Gasteiger partial charge in [0.15, 0.2) is 9.84 Å². The second-order valence-electron chi connectivity index (χ2n) is 10.4. The van der Waals surface area contributed by atoms with Gasteiger partial charge in [-0.25, -0.2) is 22.8 Å². The summed E-state index contributed by atoms with van der Waals surface area (Å²) in [7, 11) is 0.0185. The van der Waals surface area contributed by atoms with Gasteiger partial charge in [0.25, 0.3) is 5.91 Å². The third-order valence-corrected chi connectivity index (χ3v) is 9.02. The molecule has 0 spiro atoms. The second kappa shape index (κ2) is 12.5. The molecule has 0 radical (unpaired) electrons. The molecule has 2 heterocycles. The average Bonchev–Trinajstić information content (AvgIpc) is 2.99. The zero-order valence-corrected chi connectivity index (χ0v) is 25.3. The van der Waals surface area contributed by atoms with Gasteiger partial charge in [0.05, 0.1) is 46.3 Å². The molecule has 15 heteroatoms. The number of halogens is 4. The molecule has 0 bridgehead atoms. The number of aromatic nitrogens is 2. The largest absolute Gasteiger partial charge is 0.495 e. The first-order valence-electron chi connectivity index (χ1n) is 13.7. The number of amides is 1. The second-order valence-corrected chi connectivity index (χ2v) is 12.8. The summed E-state index contributed by atoms with van der Waals surface area (Å²) >= 11 is 0. The highest BCUT2D eigenvalue weighted by molar-refractivity contribution is 7.91. The Kier molecular flexibility index (Phi) is 8.85. The highest BCUT2D eigenvalue weighted by atomic mass is 32.2. The third kappa shape index (κ3) is 7.09. The smallest absolute Gasteiger partial charge is 0.416 e. The molecule has 45 heavy (non-hydrogen) atoms. The zero-order valence-electron chi connectivity index (χ0n) is 24.5. The Bertz CT molecular complexity index is 1870. The van der Waals surface area contributed by atoms with Crippen LogP contribution in [-0.2, 0) is 22.6 Å². The minimum absolute atomic E-state index is 0.0763. The van der Waals surface area contributed by atoms with Gasteiger partial charge in [0.1, 0.15) is 23.6 Å². The van der Waals surface area contributed by atoms with Crippen molar-refractivity contribution >= 4 is 38.0 Å². The molecule has 1 fully saturated rings. The number of nitrogens with zero attached hydrogens (tertiary/aromatic N) is 3. The van der Waals surface area contributed by atoms with E-state index in [9.17, 15) is 26.4 Å². The molecule has 1 aromatic heterocycles. The number of sulfone groups is 1. The molecule has 1 amide bonds. The number of methoxy groups -OCH3 is 1. The first kappa shape index (κ1) is 31.9. The number of hydrogen-bond acceptors (Lipinski definition) is 9. The number of aryl methyl sites for hydroxylation is 1. The van der Waals surface area contributed by atoms with Crippen LogP contribution >= 0.6 is 0 Å². The van der Waals surface area contributed by atoms with Crippen LogP contribution in [0, 0.1) is 12.7 Å². The Morgan fingerprint density at radius 1 is 1.04 bits per heavy atom. The molecule has 1 saturated heterocycles. The van der Waals surface area contributed by atoms with Gasteiger partial charge in [-0.2, -0.15) is 13.2 Å². The Morgan fingerprint density at radius 2 is 1.78 bits per heavy atom. The molecule has 0 aliphatic carbocycles. The van der Waals surface area contributed by atoms with Crippen LogP contribution < -0.4 is 20.1 Å². The summed E-state index contributed by atoms with van der Waals surface area (Å²) in [6, 6.07) is 8.90. The van der Waals surface area contributed by atoms with Gasteiger partial charge in [-0.15, -0.1) is 0 Å². The van der Waals surface area contributed by atoms with E-state index in [-0.39, 0.29) is 54.0 Å². The Morgan fingerprint density at radius 3 is 2.44 bits per heavy atom. The number of anilines is 2. The first-order valence-corrected chi connectivity index (χ1v) is 15.5. The van der Waals surface area contributed by atoms with Crippen molar-refractivity contribution in [2.45, 2.75) is 19.6 Å². The van der Waals surface area contributed by atoms with Crippen molar-refractivity contribution in [3.05, 3.63) is 76.9 Å². The van der Waals surface area contributed by atoms with Crippen molar-refractivity contribution in [1.82, 2.24) is 14.9 Å². The summed E-state index contributed by atoms with van der Waals surface area (Å²) in [6.07, 6.45) is -3.48. The van der Waals surface area contributed by atoms with Gasteiger partial charge in [-0.1, -0.05) is 6.07 Å². The van der Waals surface area contributed by atoms with Crippen molar-refractivity contribution in [1.29, 1.82) is 0 Å². The van der Waals surface area contributed by atoms with Crippen molar-refractivity contribution in [3.63, 3.8) is 0 Å². The van der Waals surface area contributed by atoms with Crippen molar-refractivity contribution in [2.24, 2.45) is 0 Å². The fourth-order valence-corrected chi connectivity index (χ4v) is 6.23. The van der Waals surface area contributed by atoms with Gasteiger partial charge >= 0.3 is 6.18 Å². The maximum atomic E-state index is 15.0. The molecule has 10 nitrogen and oxygen atoms in total. The van der Waals surface area contributed by atoms with Gasteiger partial charge in [0, 0.05) is 32.4 Å². The van der Waals surface area contributed by atoms with Crippen LogP contribution in [0.5, 0.6) is 17.4 Å². The van der Waals surface area contributed by atoms with E-state index < -0.39 is 38.9 Å². The van der Waals surface area contributed by atoms with Gasteiger partial charge in [-0.05, 0) is 54.4 Å². The topological polar surface area (TPSA) is 123 Å². The highest BCUT2D eigenvalue weighted by Crippen LogP contribution is 2.37. The van der Waals surface area contributed by atoms with Crippen LogP contribution in [0.3, 0.4) is 0 Å². The maximum absolute atomic E-state index is 15.0. The monoisotopic (exact) mass is 647 g/mol.